The van der Waals surface area contributed by atoms with E-state index in [2.05, 4.69) is 50.0 Å². The van der Waals surface area contributed by atoms with Gasteiger partial charge >= 0.3 is 73.1 Å². The molecule has 2 rings (SSSR count). The van der Waals surface area contributed by atoms with E-state index in [4.69, 9.17) is 0 Å². The zero-order chi connectivity index (χ0) is 8.23. The van der Waals surface area contributed by atoms with Crippen molar-refractivity contribution in [2.45, 2.75) is 0 Å². The van der Waals surface area contributed by atoms with Crippen LogP contribution in [-0.4, -0.2) is 13.8 Å². The molecule has 2 aromatic rings. The van der Waals surface area contributed by atoms with Crippen LogP contribution in [-0.2, 0) is 0 Å². The molecule has 0 aromatic carbocycles. The van der Waals surface area contributed by atoms with Crippen molar-refractivity contribution in [3.05, 3.63) is 48.3 Å². The Morgan fingerprint density at radius 3 is 1.50 bits per heavy atom. The molecule has 0 bridgehead atoms. The maximum absolute atomic E-state index is 2.12. The Balaban J connectivity index is 2.46. The Kier molecular flexibility index (Phi) is 2.17. The van der Waals surface area contributed by atoms with Crippen LogP contribution < -0.4 is 0 Å². The van der Waals surface area contributed by atoms with Crippen LogP contribution in [0.15, 0.2) is 48.3 Å². The summed E-state index contributed by atoms with van der Waals surface area (Å²) in [5, 5.41) is 0. The van der Waals surface area contributed by atoms with Crippen molar-refractivity contribution in [3.8, 4) is 10.9 Å². The van der Waals surface area contributed by atoms with Crippen molar-refractivity contribution < 1.29 is 0 Å². The van der Waals surface area contributed by atoms with Gasteiger partial charge in [-0.3, -0.25) is 0 Å². The Hall–Kier alpha value is -1.17. The molecule has 54 valence electrons. The van der Waals surface area contributed by atoms with E-state index in [0.717, 1.165) is 0 Å². The van der Waals surface area contributed by atoms with E-state index >= 15 is 0 Å². The third-order valence-electron chi connectivity index (χ3n) is 1.88. The molecule has 0 atom stereocenters. The molecule has 2 heterocycles. The van der Waals surface area contributed by atoms with E-state index in [9.17, 15) is 0 Å². The van der Waals surface area contributed by atoms with Crippen molar-refractivity contribution in [3.63, 3.8) is 0 Å². The molecular formula is C10H8B2. The average molecular weight is 150 g/mol. The van der Waals surface area contributed by atoms with Gasteiger partial charge in [0.1, 0.15) is 0 Å². The summed E-state index contributed by atoms with van der Waals surface area (Å²) in [4.78, 5) is 0. The van der Waals surface area contributed by atoms with Crippen LogP contribution in [0.1, 0.15) is 0 Å². The molecule has 0 spiro atoms. The van der Waals surface area contributed by atoms with Crippen molar-refractivity contribution >= 4 is 13.8 Å². The summed E-state index contributed by atoms with van der Waals surface area (Å²) in [6.45, 7) is 4.24. The van der Waals surface area contributed by atoms with Gasteiger partial charge in [-0.25, -0.2) is 0 Å². The molecule has 0 aliphatic carbocycles. The van der Waals surface area contributed by atoms with E-state index in [0.29, 0.717) is 0 Å². The second-order valence-corrected chi connectivity index (χ2v) is 2.73. The number of rotatable bonds is 1. The monoisotopic (exact) mass is 150 g/mol. The molecule has 0 aliphatic rings. The van der Waals surface area contributed by atoms with Gasteiger partial charge in [0, 0.05) is 0 Å². The molecule has 0 fully saturated rings. The second-order valence-electron chi connectivity index (χ2n) is 2.73. The Bertz CT molecular complexity index is 305. The summed E-state index contributed by atoms with van der Waals surface area (Å²) in [6.07, 6.45) is 0. The van der Waals surface area contributed by atoms with Gasteiger partial charge in [0.05, 0.1) is 0 Å². The van der Waals surface area contributed by atoms with Gasteiger partial charge in [-0.05, 0) is 0 Å². The van der Waals surface area contributed by atoms with Crippen molar-refractivity contribution in [2.24, 2.45) is 0 Å². The van der Waals surface area contributed by atoms with Crippen LogP contribution in [0, 0.1) is 0 Å². The molecule has 0 saturated heterocycles. The summed E-state index contributed by atoms with van der Waals surface area (Å²) >= 11 is 0. The maximum atomic E-state index is 2.12. The van der Waals surface area contributed by atoms with E-state index in [1.165, 1.54) is 10.9 Å². The fourth-order valence-electron chi connectivity index (χ4n) is 1.26. The Labute approximate surface area is 73.7 Å². The molecule has 12 heavy (non-hydrogen) atoms. The van der Waals surface area contributed by atoms with Crippen LogP contribution >= 0.6 is 0 Å². The van der Waals surface area contributed by atoms with Crippen LogP contribution in [0.2, 0.25) is 0 Å². The first-order valence-corrected chi connectivity index (χ1v) is 4.07. The SMILES string of the molecule is b1ccccc1-c1bcccc1. The molecule has 2 heteroatoms. The third-order valence-corrected chi connectivity index (χ3v) is 1.88. The average Bonchev–Trinajstić information content (AvgIpc) is 2.21. The summed E-state index contributed by atoms with van der Waals surface area (Å²) in [5.74, 6) is 4.12. The van der Waals surface area contributed by atoms with Gasteiger partial charge in [0.25, 0.3) is 0 Å². The van der Waals surface area contributed by atoms with Gasteiger partial charge in [-0.1, -0.05) is 0 Å². The van der Waals surface area contributed by atoms with E-state index < -0.39 is 0 Å². The van der Waals surface area contributed by atoms with Gasteiger partial charge < -0.3 is 0 Å². The van der Waals surface area contributed by atoms with Crippen molar-refractivity contribution in [1.29, 1.82) is 0 Å². The Morgan fingerprint density at radius 2 is 1.17 bits per heavy atom. The minimum absolute atomic E-state index is 1.28. The normalized spacial score (nSPS) is 9.00. The second kappa shape index (κ2) is 3.48. The molecule has 0 nitrogen and oxygen atoms in total. The predicted octanol–water partition coefficient (Wildman–Crippen LogP) is 2.03. The molecule has 2 aromatic heterocycles. The first kappa shape index (κ1) is 7.48. The van der Waals surface area contributed by atoms with Crippen LogP contribution in [0.4, 0.5) is 0 Å². The van der Waals surface area contributed by atoms with Crippen LogP contribution in [0.5, 0.6) is 0 Å². The topological polar surface area (TPSA) is 0 Å². The van der Waals surface area contributed by atoms with E-state index in [1.807, 2.05) is 12.1 Å². The molecule has 0 radical (unpaired) electrons. The van der Waals surface area contributed by atoms with Gasteiger partial charge in [0.2, 0.25) is 0 Å². The molecule has 0 saturated carbocycles. The van der Waals surface area contributed by atoms with Crippen LogP contribution in [0.25, 0.3) is 10.9 Å². The fourth-order valence-corrected chi connectivity index (χ4v) is 1.26. The Morgan fingerprint density at radius 1 is 0.667 bits per heavy atom. The van der Waals surface area contributed by atoms with Gasteiger partial charge in [0.15, 0.2) is 0 Å². The number of hydrogen-bond acceptors (Lipinski definition) is 0. The number of hydrogen-bond donors (Lipinski definition) is 0. The van der Waals surface area contributed by atoms with E-state index in [-0.39, 0.29) is 0 Å². The summed E-state index contributed by atoms with van der Waals surface area (Å²) in [6, 6.07) is 12.4. The predicted molar refractivity (Wildman–Crippen MR) is 54.6 cm³/mol. The molecule has 0 N–H and O–H groups in total. The quantitative estimate of drug-likeness (QED) is 0.583. The minimum atomic E-state index is 1.28. The summed E-state index contributed by atoms with van der Waals surface area (Å²) < 4.78 is 0. The van der Waals surface area contributed by atoms with Crippen molar-refractivity contribution in [1.82, 2.24) is 0 Å². The van der Waals surface area contributed by atoms with E-state index in [1.54, 1.807) is 0 Å². The molecular weight excluding hydrogens is 142 g/mol. The first-order chi connectivity index (χ1) is 5.97. The third kappa shape index (κ3) is 1.53. The van der Waals surface area contributed by atoms with Gasteiger partial charge in [-0.2, -0.15) is 0 Å². The standard InChI is InChI=1S/C10H8B2/c1-3-7-11-9(5-1)10-6-2-4-8-12-10/h1-8H. The molecule has 0 unspecified atom stereocenters. The van der Waals surface area contributed by atoms with Gasteiger partial charge in [-0.15, -0.1) is 0 Å². The molecule has 0 amide bonds. The first-order valence-electron chi connectivity index (χ1n) is 4.07. The van der Waals surface area contributed by atoms with Crippen LogP contribution in [0.3, 0.4) is 0 Å². The summed E-state index contributed by atoms with van der Waals surface area (Å²) in [5.41, 5.74) is 2.55. The molecule has 0 aliphatic heterocycles. The zero-order valence-corrected chi connectivity index (χ0v) is 6.77. The van der Waals surface area contributed by atoms with Crippen molar-refractivity contribution in [2.75, 3.05) is 0 Å². The fraction of sp³-hybridized carbons (Fsp3) is 0. The summed E-state index contributed by atoms with van der Waals surface area (Å²) in [7, 11) is 0. The zero-order valence-electron chi connectivity index (χ0n) is 6.77.